The number of aromatic amines is 1. The van der Waals surface area contributed by atoms with Crippen LogP contribution in [-0.4, -0.2) is 57.7 Å². The summed E-state index contributed by atoms with van der Waals surface area (Å²) in [5.74, 6) is 0.901. The van der Waals surface area contributed by atoms with E-state index in [1.807, 2.05) is 18.3 Å². The molecule has 7 nitrogen and oxygen atoms in total. The molecule has 160 valence electrons. The summed E-state index contributed by atoms with van der Waals surface area (Å²) >= 11 is 0. The molecule has 3 atom stereocenters. The number of H-pyrrole nitrogens is 1. The number of aromatic nitrogens is 3. The smallest absolute Gasteiger partial charge is 0.316 e. The highest BCUT2D eigenvalue weighted by Crippen LogP contribution is 2.27. The Morgan fingerprint density at radius 3 is 2.97 bits per heavy atom. The van der Waals surface area contributed by atoms with Crippen LogP contribution < -0.4 is 10.6 Å². The number of nitrogens with one attached hydrogen (secondary N) is 3. The predicted molar refractivity (Wildman–Crippen MR) is 120 cm³/mol. The Labute approximate surface area is 182 Å². The van der Waals surface area contributed by atoms with Gasteiger partial charge >= 0.3 is 6.03 Å². The van der Waals surface area contributed by atoms with Gasteiger partial charge in [0.2, 0.25) is 0 Å². The van der Waals surface area contributed by atoms with Crippen LogP contribution in [0.4, 0.5) is 4.79 Å². The topological polar surface area (TPSA) is 85.7 Å². The van der Waals surface area contributed by atoms with Crippen molar-refractivity contribution in [3.05, 3.63) is 59.6 Å². The van der Waals surface area contributed by atoms with Crippen LogP contribution in [0.1, 0.15) is 31.0 Å². The molecule has 0 saturated carbocycles. The second kappa shape index (κ2) is 8.59. The first-order valence-electron chi connectivity index (χ1n) is 11.2. The summed E-state index contributed by atoms with van der Waals surface area (Å²) in [5, 5.41) is 14.5. The Morgan fingerprint density at radius 2 is 2.16 bits per heavy atom. The number of hydrogen-bond acceptors (Lipinski definition) is 4. The normalized spacial score (nSPS) is 25.4. The molecular weight excluding hydrogens is 388 g/mol. The van der Waals surface area contributed by atoms with Gasteiger partial charge in [0.1, 0.15) is 18.0 Å². The SMILES string of the molecule is CC1C=CC(C2CNCCC2NC(=O)[N+]2=Cc3c(-c4ccncc4)n[nH]c3CC2)=CC1. The fourth-order valence-electron chi connectivity index (χ4n) is 4.70. The minimum Gasteiger partial charge on any atom is -0.316 e. The van der Waals surface area contributed by atoms with Gasteiger partial charge in [-0.1, -0.05) is 25.2 Å². The van der Waals surface area contributed by atoms with E-state index in [-0.39, 0.29) is 12.1 Å². The minimum absolute atomic E-state index is 0.0295. The predicted octanol–water partition coefficient (Wildman–Crippen LogP) is 2.67. The van der Waals surface area contributed by atoms with Crippen molar-refractivity contribution in [1.82, 2.24) is 25.8 Å². The number of nitrogens with zero attached hydrogens (tertiary/aromatic N) is 3. The summed E-state index contributed by atoms with van der Waals surface area (Å²) in [5.41, 5.74) is 5.26. The number of amides is 2. The van der Waals surface area contributed by atoms with Crippen molar-refractivity contribution >= 4 is 12.2 Å². The molecule has 0 radical (unpaired) electrons. The molecule has 2 amide bonds. The molecule has 1 aliphatic carbocycles. The zero-order valence-electron chi connectivity index (χ0n) is 17.8. The number of carbonyl (C=O) groups excluding carboxylic acids is 1. The number of piperidine rings is 1. The van der Waals surface area contributed by atoms with Gasteiger partial charge in [0.25, 0.3) is 0 Å². The summed E-state index contributed by atoms with van der Waals surface area (Å²) in [7, 11) is 0. The number of fused-ring (bicyclic) bond motifs is 1. The number of urea groups is 1. The number of hydrogen-bond donors (Lipinski definition) is 3. The van der Waals surface area contributed by atoms with E-state index in [0.29, 0.717) is 18.4 Å². The van der Waals surface area contributed by atoms with Crippen molar-refractivity contribution in [3.63, 3.8) is 0 Å². The molecular formula is C24H29N6O+. The van der Waals surface area contributed by atoms with Gasteiger partial charge in [-0.25, -0.2) is 5.32 Å². The lowest BCUT2D eigenvalue weighted by molar-refractivity contribution is -0.425. The van der Waals surface area contributed by atoms with Crippen molar-refractivity contribution in [3.8, 4) is 11.3 Å². The van der Waals surface area contributed by atoms with Crippen molar-refractivity contribution in [2.24, 2.45) is 11.8 Å². The molecule has 3 N–H and O–H groups in total. The van der Waals surface area contributed by atoms with E-state index >= 15 is 0 Å². The molecule has 1 fully saturated rings. The van der Waals surface area contributed by atoms with E-state index in [2.05, 4.69) is 51.0 Å². The maximum absolute atomic E-state index is 13.2. The Balaban J connectivity index is 1.35. The van der Waals surface area contributed by atoms with Crippen LogP contribution >= 0.6 is 0 Å². The second-order valence-corrected chi connectivity index (χ2v) is 8.70. The summed E-state index contributed by atoms with van der Waals surface area (Å²) in [6.45, 7) is 4.71. The molecule has 2 aromatic rings. The van der Waals surface area contributed by atoms with Crippen LogP contribution in [-0.2, 0) is 6.42 Å². The van der Waals surface area contributed by atoms with Gasteiger partial charge in [0.15, 0.2) is 0 Å². The zero-order chi connectivity index (χ0) is 21.2. The van der Waals surface area contributed by atoms with Gasteiger partial charge in [-0.3, -0.25) is 10.1 Å². The molecule has 31 heavy (non-hydrogen) atoms. The molecule has 7 heteroatoms. The van der Waals surface area contributed by atoms with Gasteiger partial charge in [0, 0.05) is 43.3 Å². The lowest BCUT2D eigenvalue weighted by Gasteiger charge is -2.32. The number of allylic oxidation sites excluding steroid dienone is 3. The van der Waals surface area contributed by atoms with E-state index in [1.165, 1.54) is 5.57 Å². The molecule has 1 saturated heterocycles. The monoisotopic (exact) mass is 417 g/mol. The van der Waals surface area contributed by atoms with Gasteiger partial charge in [-0.05, 0) is 36.6 Å². The van der Waals surface area contributed by atoms with Crippen LogP contribution in [0.25, 0.3) is 11.3 Å². The van der Waals surface area contributed by atoms with Gasteiger partial charge < -0.3 is 5.32 Å². The van der Waals surface area contributed by atoms with E-state index in [4.69, 9.17) is 0 Å². The highest BCUT2D eigenvalue weighted by molar-refractivity contribution is 5.90. The molecule has 5 rings (SSSR count). The Hall–Kier alpha value is -3.06. The molecule has 3 aliphatic rings. The maximum atomic E-state index is 13.2. The van der Waals surface area contributed by atoms with Gasteiger partial charge in [-0.15, -0.1) is 0 Å². The third kappa shape index (κ3) is 4.10. The van der Waals surface area contributed by atoms with Crippen LogP contribution in [0, 0.1) is 11.8 Å². The van der Waals surface area contributed by atoms with Crippen LogP contribution in [0.15, 0.2) is 48.3 Å². The third-order valence-corrected chi connectivity index (χ3v) is 6.55. The molecule has 3 unspecified atom stereocenters. The average molecular weight is 418 g/mol. The van der Waals surface area contributed by atoms with E-state index in [9.17, 15) is 4.79 Å². The third-order valence-electron chi connectivity index (χ3n) is 6.55. The quantitative estimate of drug-likeness (QED) is 0.671. The Morgan fingerprint density at radius 1 is 1.29 bits per heavy atom. The fraction of sp³-hybridized carbons (Fsp3) is 0.417. The first kappa shape index (κ1) is 19.9. The summed E-state index contributed by atoms with van der Waals surface area (Å²) in [6, 6.07) is 3.99. The van der Waals surface area contributed by atoms with Crippen molar-refractivity contribution in [2.45, 2.75) is 32.2 Å². The molecule has 0 aromatic carbocycles. The van der Waals surface area contributed by atoms with Gasteiger partial charge in [-0.2, -0.15) is 14.5 Å². The number of carbonyl (C=O) groups is 1. The van der Waals surface area contributed by atoms with Crippen LogP contribution in [0.3, 0.4) is 0 Å². The maximum Gasteiger partial charge on any atom is 0.491 e. The highest BCUT2D eigenvalue weighted by Gasteiger charge is 2.34. The first-order chi connectivity index (χ1) is 15.2. The van der Waals surface area contributed by atoms with Crippen molar-refractivity contribution < 1.29 is 9.37 Å². The van der Waals surface area contributed by atoms with Crippen molar-refractivity contribution in [2.75, 3.05) is 19.6 Å². The average Bonchev–Trinajstić information content (AvgIpc) is 3.24. The van der Waals surface area contributed by atoms with Crippen molar-refractivity contribution in [1.29, 1.82) is 0 Å². The molecule has 2 aliphatic heterocycles. The van der Waals surface area contributed by atoms with E-state index in [0.717, 1.165) is 54.9 Å². The zero-order valence-corrected chi connectivity index (χ0v) is 17.8. The summed E-state index contributed by atoms with van der Waals surface area (Å²) in [4.78, 5) is 17.3. The van der Waals surface area contributed by atoms with Gasteiger partial charge in [0.05, 0.1) is 17.8 Å². The largest absolute Gasteiger partial charge is 0.491 e. The van der Waals surface area contributed by atoms with E-state index < -0.39 is 0 Å². The first-order valence-corrected chi connectivity index (χ1v) is 11.2. The Bertz CT molecular complexity index is 1050. The second-order valence-electron chi connectivity index (χ2n) is 8.70. The van der Waals surface area contributed by atoms with Crippen LogP contribution in [0.2, 0.25) is 0 Å². The molecule has 2 aromatic heterocycles. The molecule has 0 bridgehead atoms. The standard InChI is InChI=1S/C24H28N6O/c1-16-2-4-17(5-3-16)19-14-26-12-8-21(19)27-24(31)30-13-9-22-20(15-30)23(29-28-22)18-6-10-25-11-7-18/h2,4-7,10-11,15-16,19,21,26H,3,8-9,12-14H2,1H3,(H,27,31)/p+1. The lowest BCUT2D eigenvalue weighted by atomic mass is 9.83. The molecule has 0 spiro atoms. The minimum atomic E-state index is -0.0295. The summed E-state index contributed by atoms with van der Waals surface area (Å²) in [6.07, 6.45) is 15.1. The van der Waals surface area contributed by atoms with Crippen LogP contribution in [0.5, 0.6) is 0 Å². The number of pyridine rings is 1. The fourth-order valence-corrected chi connectivity index (χ4v) is 4.70. The lowest BCUT2D eigenvalue weighted by Crippen LogP contribution is -2.52. The summed E-state index contributed by atoms with van der Waals surface area (Å²) < 4.78 is 1.80. The number of rotatable bonds is 3. The highest BCUT2D eigenvalue weighted by atomic mass is 16.2. The molecule has 4 heterocycles. The van der Waals surface area contributed by atoms with E-state index in [1.54, 1.807) is 17.0 Å². The Kier molecular flexibility index (Phi) is 5.51.